The van der Waals surface area contributed by atoms with Gasteiger partial charge in [0.25, 0.3) is 0 Å². The van der Waals surface area contributed by atoms with Gasteiger partial charge in [-0.25, -0.2) is 4.98 Å². The summed E-state index contributed by atoms with van der Waals surface area (Å²) in [4.78, 5) is 16.2. The van der Waals surface area contributed by atoms with Crippen LogP contribution in [0.5, 0.6) is 0 Å². The summed E-state index contributed by atoms with van der Waals surface area (Å²) in [5.41, 5.74) is 8.45. The summed E-state index contributed by atoms with van der Waals surface area (Å²) in [6.07, 6.45) is 0.236. The van der Waals surface area contributed by atoms with Crippen molar-refractivity contribution >= 4 is 27.5 Å². The van der Waals surface area contributed by atoms with Crippen LogP contribution in [0.1, 0.15) is 23.7 Å². The Labute approximate surface area is 126 Å². The Bertz CT molecular complexity index is 601. The van der Waals surface area contributed by atoms with Gasteiger partial charge in [-0.05, 0) is 40.5 Å². The lowest BCUT2D eigenvalue weighted by atomic mass is 10.0. The molecule has 20 heavy (non-hydrogen) atoms. The molecule has 0 saturated heterocycles. The van der Waals surface area contributed by atoms with E-state index in [9.17, 15) is 4.79 Å². The highest BCUT2D eigenvalue weighted by molar-refractivity contribution is 9.10. The second-order valence-electron chi connectivity index (χ2n) is 4.54. The van der Waals surface area contributed by atoms with Crippen LogP contribution < -0.4 is 11.1 Å². The van der Waals surface area contributed by atoms with E-state index in [0.29, 0.717) is 5.69 Å². The number of nitrogens with one attached hydrogen (secondary N) is 1. The van der Waals surface area contributed by atoms with E-state index in [1.807, 2.05) is 43.3 Å². The van der Waals surface area contributed by atoms with Crippen molar-refractivity contribution in [2.75, 3.05) is 5.32 Å². The minimum absolute atomic E-state index is 0.117. The van der Waals surface area contributed by atoms with Gasteiger partial charge in [-0.2, -0.15) is 0 Å². The maximum Gasteiger partial charge on any atom is 0.226 e. The molecular weight excluding hydrogens is 318 g/mol. The summed E-state index contributed by atoms with van der Waals surface area (Å²) in [5.74, 6) is -0.117. The van der Waals surface area contributed by atoms with Gasteiger partial charge in [0.2, 0.25) is 5.91 Å². The van der Waals surface area contributed by atoms with Crippen molar-refractivity contribution < 1.29 is 4.79 Å². The molecule has 1 aromatic heterocycles. The van der Waals surface area contributed by atoms with E-state index in [1.165, 1.54) is 0 Å². The number of aryl methyl sites for hydroxylation is 1. The average molecular weight is 334 g/mol. The van der Waals surface area contributed by atoms with Crippen LogP contribution in [0.25, 0.3) is 0 Å². The monoisotopic (exact) mass is 333 g/mol. The van der Waals surface area contributed by atoms with Crippen LogP contribution in [-0.2, 0) is 4.79 Å². The first kappa shape index (κ1) is 14.7. The highest BCUT2D eigenvalue weighted by Gasteiger charge is 2.12. The van der Waals surface area contributed by atoms with Crippen LogP contribution in [0.15, 0.2) is 47.1 Å². The van der Waals surface area contributed by atoms with E-state index in [-0.39, 0.29) is 18.4 Å². The third-order valence-corrected chi connectivity index (χ3v) is 3.40. The number of aromatic nitrogens is 1. The topological polar surface area (TPSA) is 68.0 Å². The summed E-state index contributed by atoms with van der Waals surface area (Å²) >= 11 is 3.29. The fourth-order valence-corrected chi connectivity index (χ4v) is 2.28. The van der Waals surface area contributed by atoms with Crippen molar-refractivity contribution in [3.63, 3.8) is 0 Å². The van der Waals surface area contributed by atoms with Crippen LogP contribution in [0.3, 0.4) is 0 Å². The molecule has 4 nitrogen and oxygen atoms in total. The van der Waals surface area contributed by atoms with Crippen LogP contribution in [0.4, 0.5) is 5.69 Å². The van der Waals surface area contributed by atoms with Gasteiger partial charge in [-0.15, -0.1) is 0 Å². The number of anilines is 1. The highest BCUT2D eigenvalue weighted by atomic mass is 79.9. The summed E-state index contributed by atoms with van der Waals surface area (Å²) in [5, 5.41) is 2.84. The molecule has 104 valence electrons. The number of halogens is 1. The van der Waals surface area contributed by atoms with E-state index >= 15 is 0 Å². The van der Waals surface area contributed by atoms with Gasteiger partial charge >= 0.3 is 0 Å². The zero-order chi connectivity index (χ0) is 14.5. The zero-order valence-electron chi connectivity index (χ0n) is 11.1. The molecule has 0 fully saturated rings. The van der Waals surface area contributed by atoms with Crippen LogP contribution in [0.2, 0.25) is 0 Å². The predicted octanol–water partition coefficient (Wildman–Crippen LogP) is 3.18. The molecule has 0 bridgehead atoms. The Balaban J connectivity index is 1.99. The van der Waals surface area contributed by atoms with Crippen molar-refractivity contribution in [3.8, 4) is 0 Å². The molecule has 0 aliphatic heterocycles. The van der Waals surface area contributed by atoms with E-state index in [4.69, 9.17) is 5.73 Å². The van der Waals surface area contributed by atoms with Gasteiger partial charge in [-0.1, -0.05) is 30.3 Å². The number of rotatable bonds is 4. The number of carbonyl (C=O) groups is 1. The van der Waals surface area contributed by atoms with Crippen molar-refractivity contribution in [2.45, 2.75) is 19.4 Å². The van der Waals surface area contributed by atoms with Crippen LogP contribution >= 0.6 is 15.9 Å². The standard InChI is InChI=1S/C15H16BrN3O/c1-10-13(7-8-14(16)18-10)19-15(20)9-12(17)11-5-3-2-4-6-11/h2-8,12H,9,17H2,1H3,(H,19,20). The number of hydrogen-bond donors (Lipinski definition) is 2. The van der Waals surface area contributed by atoms with Gasteiger partial charge in [0.15, 0.2) is 0 Å². The first-order valence-electron chi connectivity index (χ1n) is 6.30. The first-order chi connectivity index (χ1) is 9.56. The van der Waals surface area contributed by atoms with Crippen molar-refractivity contribution in [1.29, 1.82) is 0 Å². The van der Waals surface area contributed by atoms with Gasteiger partial charge in [0.1, 0.15) is 4.60 Å². The smallest absolute Gasteiger partial charge is 0.226 e. The van der Waals surface area contributed by atoms with E-state index in [2.05, 4.69) is 26.2 Å². The second-order valence-corrected chi connectivity index (χ2v) is 5.35. The molecule has 2 rings (SSSR count). The molecule has 1 heterocycles. The Hall–Kier alpha value is -1.72. The largest absolute Gasteiger partial charge is 0.324 e. The highest BCUT2D eigenvalue weighted by Crippen LogP contribution is 2.18. The Morgan fingerprint density at radius 1 is 1.30 bits per heavy atom. The van der Waals surface area contributed by atoms with Crippen LogP contribution in [-0.4, -0.2) is 10.9 Å². The lowest BCUT2D eigenvalue weighted by Crippen LogP contribution is -2.21. The van der Waals surface area contributed by atoms with Gasteiger partial charge < -0.3 is 11.1 Å². The molecule has 5 heteroatoms. The molecule has 0 saturated carbocycles. The van der Waals surface area contributed by atoms with Gasteiger partial charge in [0, 0.05) is 12.5 Å². The number of amides is 1. The summed E-state index contributed by atoms with van der Waals surface area (Å²) in [6, 6.07) is 12.9. The quantitative estimate of drug-likeness (QED) is 0.844. The third kappa shape index (κ3) is 3.88. The van der Waals surface area contributed by atoms with Gasteiger partial charge in [-0.3, -0.25) is 4.79 Å². The van der Waals surface area contributed by atoms with Gasteiger partial charge in [0.05, 0.1) is 11.4 Å². The maximum absolute atomic E-state index is 12.0. The second kappa shape index (κ2) is 6.63. The Kier molecular flexibility index (Phi) is 4.87. The van der Waals surface area contributed by atoms with E-state index < -0.39 is 0 Å². The SMILES string of the molecule is Cc1nc(Br)ccc1NC(=O)CC(N)c1ccccc1. The third-order valence-electron chi connectivity index (χ3n) is 2.96. The van der Waals surface area contributed by atoms with Crippen molar-refractivity contribution in [2.24, 2.45) is 5.73 Å². The molecule has 1 unspecified atom stereocenters. The molecule has 0 spiro atoms. The fraction of sp³-hybridized carbons (Fsp3) is 0.200. The Morgan fingerprint density at radius 2 is 2.00 bits per heavy atom. The van der Waals surface area contributed by atoms with Crippen LogP contribution in [0, 0.1) is 6.92 Å². The molecule has 1 amide bonds. The van der Waals surface area contributed by atoms with E-state index in [0.717, 1.165) is 15.9 Å². The first-order valence-corrected chi connectivity index (χ1v) is 7.09. The maximum atomic E-state index is 12.0. The summed E-state index contributed by atoms with van der Waals surface area (Å²) in [7, 11) is 0. The fourth-order valence-electron chi connectivity index (χ4n) is 1.88. The molecule has 0 radical (unpaired) electrons. The molecule has 2 aromatic rings. The van der Waals surface area contributed by atoms with Crippen molar-refractivity contribution in [1.82, 2.24) is 4.98 Å². The number of carbonyl (C=O) groups excluding carboxylic acids is 1. The number of pyridine rings is 1. The number of hydrogen-bond acceptors (Lipinski definition) is 3. The minimum atomic E-state index is -0.306. The molecule has 1 atom stereocenters. The Morgan fingerprint density at radius 3 is 2.65 bits per heavy atom. The molecule has 0 aliphatic carbocycles. The molecule has 1 aromatic carbocycles. The van der Waals surface area contributed by atoms with E-state index in [1.54, 1.807) is 6.07 Å². The number of nitrogens with zero attached hydrogens (tertiary/aromatic N) is 1. The lowest BCUT2D eigenvalue weighted by Gasteiger charge is -2.13. The summed E-state index contributed by atoms with van der Waals surface area (Å²) in [6.45, 7) is 1.84. The average Bonchev–Trinajstić information content (AvgIpc) is 2.43. The predicted molar refractivity (Wildman–Crippen MR) is 83.3 cm³/mol. The van der Waals surface area contributed by atoms with Crippen molar-refractivity contribution in [3.05, 3.63) is 58.3 Å². The lowest BCUT2D eigenvalue weighted by molar-refractivity contribution is -0.116. The molecular formula is C15H16BrN3O. The normalized spacial score (nSPS) is 11.9. The minimum Gasteiger partial charge on any atom is -0.324 e. The zero-order valence-corrected chi connectivity index (χ0v) is 12.7. The molecule has 3 N–H and O–H groups in total. The summed E-state index contributed by atoms with van der Waals surface area (Å²) < 4.78 is 0.744. The number of benzene rings is 1. The molecule has 0 aliphatic rings. The number of nitrogens with two attached hydrogens (primary N) is 1.